The van der Waals surface area contributed by atoms with Crippen LogP contribution in [0.25, 0.3) is 0 Å². The lowest BCUT2D eigenvalue weighted by Gasteiger charge is -2.23. The molecule has 0 rings (SSSR count). The zero-order valence-electron chi connectivity index (χ0n) is 7.85. The zero-order chi connectivity index (χ0) is 10.1. The van der Waals surface area contributed by atoms with Gasteiger partial charge >= 0.3 is 0 Å². The molecule has 80 valence electrons. The highest BCUT2D eigenvalue weighted by Gasteiger charge is 2.20. The second kappa shape index (κ2) is 8.40. The summed E-state index contributed by atoms with van der Waals surface area (Å²) < 4.78 is 10.2. The molecule has 5 nitrogen and oxygen atoms in total. The molecule has 0 aromatic heterocycles. The Hall–Kier alpha value is -0.200. The van der Waals surface area contributed by atoms with Crippen LogP contribution in [-0.2, 0) is 9.47 Å². The van der Waals surface area contributed by atoms with Crippen LogP contribution in [0.2, 0.25) is 0 Å². The monoisotopic (exact) mass is 194 g/mol. The van der Waals surface area contributed by atoms with E-state index in [2.05, 4.69) is 0 Å². The number of aliphatic hydroxyl groups excluding tert-OH is 3. The van der Waals surface area contributed by atoms with E-state index in [0.717, 1.165) is 0 Å². The summed E-state index contributed by atoms with van der Waals surface area (Å²) in [7, 11) is 0. The van der Waals surface area contributed by atoms with Crippen molar-refractivity contribution in [3.05, 3.63) is 0 Å². The van der Waals surface area contributed by atoms with Gasteiger partial charge in [0.05, 0.1) is 26.4 Å². The molecule has 5 heteroatoms. The van der Waals surface area contributed by atoms with E-state index < -0.39 is 12.2 Å². The van der Waals surface area contributed by atoms with E-state index in [-0.39, 0.29) is 26.4 Å². The van der Waals surface area contributed by atoms with Gasteiger partial charge < -0.3 is 24.8 Å². The fraction of sp³-hybridized carbons (Fsp3) is 1.00. The van der Waals surface area contributed by atoms with Crippen LogP contribution in [0.3, 0.4) is 0 Å². The minimum Gasteiger partial charge on any atom is -0.394 e. The van der Waals surface area contributed by atoms with Crippen molar-refractivity contribution in [2.75, 3.05) is 33.0 Å². The van der Waals surface area contributed by atoms with E-state index in [1.165, 1.54) is 0 Å². The van der Waals surface area contributed by atoms with E-state index in [1.54, 1.807) is 6.92 Å². The van der Waals surface area contributed by atoms with Gasteiger partial charge in [-0.25, -0.2) is 0 Å². The summed E-state index contributed by atoms with van der Waals surface area (Å²) in [6.45, 7) is 1.83. The Bertz CT molecular complexity index is 109. The van der Waals surface area contributed by atoms with Crippen molar-refractivity contribution in [1.82, 2.24) is 0 Å². The highest BCUT2D eigenvalue weighted by Crippen LogP contribution is 2.03. The second-order valence-electron chi connectivity index (χ2n) is 2.49. The molecule has 0 amide bonds. The lowest BCUT2D eigenvalue weighted by molar-refractivity contribution is -0.111. The summed E-state index contributed by atoms with van der Waals surface area (Å²) in [5, 5.41) is 26.2. The maximum atomic E-state index is 8.88. The molecule has 0 heterocycles. The summed E-state index contributed by atoms with van der Waals surface area (Å²) >= 11 is 0. The number of hydrogen-bond donors (Lipinski definition) is 3. The van der Waals surface area contributed by atoms with E-state index in [0.29, 0.717) is 6.61 Å². The average molecular weight is 194 g/mol. The standard InChI is InChI=1S/C8H18O5/c1-2-12-7(5-10)8(6-11)13-4-3-9/h7-11H,2-6H2,1H3. The van der Waals surface area contributed by atoms with Crippen LogP contribution in [0, 0.1) is 0 Å². The lowest BCUT2D eigenvalue weighted by atomic mass is 10.2. The van der Waals surface area contributed by atoms with Crippen molar-refractivity contribution in [2.45, 2.75) is 19.1 Å². The summed E-state index contributed by atoms with van der Waals surface area (Å²) in [5.41, 5.74) is 0. The maximum Gasteiger partial charge on any atom is 0.109 e. The molecule has 0 aliphatic rings. The van der Waals surface area contributed by atoms with Gasteiger partial charge in [-0.15, -0.1) is 0 Å². The van der Waals surface area contributed by atoms with Crippen LogP contribution >= 0.6 is 0 Å². The largest absolute Gasteiger partial charge is 0.394 e. The molecule has 2 unspecified atom stereocenters. The Morgan fingerprint density at radius 2 is 1.54 bits per heavy atom. The predicted molar refractivity (Wildman–Crippen MR) is 46.4 cm³/mol. The molecule has 2 atom stereocenters. The molecule has 0 fully saturated rings. The highest BCUT2D eigenvalue weighted by atomic mass is 16.6. The third-order valence-electron chi connectivity index (χ3n) is 1.58. The van der Waals surface area contributed by atoms with E-state index in [9.17, 15) is 0 Å². The van der Waals surface area contributed by atoms with Gasteiger partial charge in [0.1, 0.15) is 12.2 Å². The van der Waals surface area contributed by atoms with Gasteiger partial charge in [-0.2, -0.15) is 0 Å². The molecule has 0 aromatic carbocycles. The first kappa shape index (κ1) is 12.8. The van der Waals surface area contributed by atoms with E-state index in [1.807, 2.05) is 0 Å². The fourth-order valence-electron chi connectivity index (χ4n) is 0.973. The zero-order valence-corrected chi connectivity index (χ0v) is 7.85. The van der Waals surface area contributed by atoms with Crippen LogP contribution in [0.15, 0.2) is 0 Å². The normalized spacial score (nSPS) is 15.7. The van der Waals surface area contributed by atoms with Crippen molar-refractivity contribution in [2.24, 2.45) is 0 Å². The third-order valence-corrected chi connectivity index (χ3v) is 1.58. The number of aliphatic hydroxyl groups is 3. The Labute approximate surface area is 77.9 Å². The van der Waals surface area contributed by atoms with E-state index >= 15 is 0 Å². The van der Waals surface area contributed by atoms with Crippen LogP contribution < -0.4 is 0 Å². The molecule has 0 saturated heterocycles. The van der Waals surface area contributed by atoms with Crippen LogP contribution in [0.1, 0.15) is 6.92 Å². The first-order chi connectivity index (χ1) is 6.29. The van der Waals surface area contributed by atoms with Gasteiger partial charge in [0.2, 0.25) is 0 Å². The Balaban J connectivity index is 3.84. The summed E-state index contributed by atoms with van der Waals surface area (Å²) in [6.07, 6.45) is -1.10. The first-order valence-corrected chi connectivity index (χ1v) is 4.35. The Kier molecular flexibility index (Phi) is 8.27. The highest BCUT2D eigenvalue weighted by molar-refractivity contribution is 4.68. The second-order valence-corrected chi connectivity index (χ2v) is 2.49. The minimum atomic E-state index is -0.572. The summed E-state index contributed by atoms with van der Waals surface area (Å²) in [6, 6.07) is 0. The van der Waals surface area contributed by atoms with Crippen LogP contribution in [-0.4, -0.2) is 60.6 Å². The van der Waals surface area contributed by atoms with Gasteiger partial charge in [-0.3, -0.25) is 0 Å². The smallest absolute Gasteiger partial charge is 0.109 e. The molecule has 0 aliphatic carbocycles. The van der Waals surface area contributed by atoms with Gasteiger partial charge in [0.15, 0.2) is 0 Å². The number of rotatable bonds is 8. The SMILES string of the molecule is CCOC(CO)C(CO)OCCO. The molecule has 0 bridgehead atoms. The molecular weight excluding hydrogens is 176 g/mol. The fourth-order valence-corrected chi connectivity index (χ4v) is 0.973. The molecule has 0 radical (unpaired) electrons. The molecule has 13 heavy (non-hydrogen) atoms. The van der Waals surface area contributed by atoms with Gasteiger partial charge in [-0.1, -0.05) is 0 Å². The lowest BCUT2D eigenvalue weighted by Crippen LogP contribution is -2.38. The molecule has 3 N–H and O–H groups in total. The summed E-state index contributed by atoms with van der Waals surface area (Å²) in [5.74, 6) is 0. The Morgan fingerprint density at radius 1 is 1.00 bits per heavy atom. The average Bonchev–Trinajstić information content (AvgIpc) is 2.17. The topological polar surface area (TPSA) is 79.2 Å². The summed E-state index contributed by atoms with van der Waals surface area (Å²) in [4.78, 5) is 0. The molecule has 0 spiro atoms. The van der Waals surface area contributed by atoms with Crippen molar-refractivity contribution >= 4 is 0 Å². The first-order valence-electron chi connectivity index (χ1n) is 4.35. The van der Waals surface area contributed by atoms with Gasteiger partial charge in [0, 0.05) is 6.61 Å². The Morgan fingerprint density at radius 3 is 1.92 bits per heavy atom. The van der Waals surface area contributed by atoms with Crippen molar-refractivity contribution in [3.63, 3.8) is 0 Å². The quantitative estimate of drug-likeness (QED) is 0.450. The van der Waals surface area contributed by atoms with Crippen LogP contribution in [0.5, 0.6) is 0 Å². The maximum absolute atomic E-state index is 8.88. The minimum absolute atomic E-state index is 0.110. The molecule has 0 saturated carbocycles. The third kappa shape index (κ3) is 5.17. The predicted octanol–water partition coefficient (Wildman–Crippen LogP) is -1.25. The van der Waals surface area contributed by atoms with Crippen LogP contribution in [0.4, 0.5) is 0 Å². The number of hydrogen-bond acceptors (Lipinski definition) is 5. The number of ether oxygens (including phenoxy) is 2. The van der Waals surface area contributed by atoms with Crippen molar-refractivity contribution in [3.8, 4) is 0 Å². The van der Waals surface area contributed by atoms with Crippen molar-refractivity contribution in [1.29, 1.82) is 0 Å². The molecule has 0 aromatic rings. The molecule has 0 aliphatic heterocycles. The van der Waals surface area contributed by atoms with Gasteiger partial charge in [-0.05, 0) is 6.92 Å². The van der Waals surface area contributed by atoms with Gasteiger partial charge in [0.25, 0.3) is 0 Å². The van der Waals surface area contributed by atoms with E-state index in [4.69, 9.17) is 24.8 Å². The molecular formula is C8H18O5. The van der Waals surface area contributed by atoms with Crippen molar-refractivity contribution < 1.29 is 24.8 Å².